The van der Waals surface area contributed by atoms with E-state index in [1.54, 1.807) is 6.20 Å². The maximum atomic E-state index is 12.2. The molecule has 2 rings (SSSR count). The second-order valence-corrected chi connectivity index (χ2v) is 4.91. The highest BCUT2D eigenvalue weighted by Crippen LogP contribution is 2.05. The van der Waals surface area contributed by atoms with Gasteiger partial charge in [-0.3, -0.25) is 4.79 Å². The molecule has 0 spiro atoms. The summed E-state index contributed by atoms with van der Waals surface area (Å²) in [4.78, 5) is 12.2. The normalized spacial score (nSPS) is 11.1. The molecule has 0 amide bonds. The minimum absolute atomic E-state index is 0.0220. The molecule has 5 nitrogen and oxygen atoms in total. The Kier molecular flexibility index (Phi) is 6.37. The molecule has 1 aromatic heterocycles. The molecule has 1 heterocycles. The van der Waals surface area contributed by atoms with E-state index in [1.165, 1.54) is 4.68 Å². The van der Waals surface area contributed by atoms with E-state index in [0.29, 0.717) is 6.54 Å². The molecular formula is C16H23N3O2. The second-order valence-electron chi connectivity index (χ2n) is 4.91. The number of nitrogens with zero attached hydrogens (tertiary/aromatic N) is 2. The van der Waals surface area contributed by atoms with Gasteiger partial charge in [0.2, 0.25) is 0 Å². The van der Waals surface area contributed by atoms with Gasteiger partial charge in [-0.05, 0) is 32.4 Å². The number of hydrogen-bond donors (Lipinski definition) is 1. The fourth-order valence-corrected chi connectivity index (χ4v) is 2.20. The van der Waals surface area contributed by atoms with Crippen LogP contribution in [0.5, 0.6) is 0 Å². The number of fused-ring (bicyclic) bond motifs is 1. The predicted molar refractivity (Wildman–Crippen MR) is 84.6 cm³/mol. The molecule has 114 valence electrons. The first-order valence-corrected chi connectivity index (χ1v) is 7.56. The van der Waals surface area contributed by atoms with Gasteiger partial charge in [-0.2, -0.15) is 5.10 Å². The van der Waals surface area contributed by atoms with Gasteiger partial charge in [-0.25, -0.2) is 4.68 Å². The van der Waals surface area contributed by atoms with Crippen LogP contribution in [0.2, 0.25) is 0 Å². The third-order valence-electron chi connectivity index (χ3n) is 3.36. The molecule has 0 bridgehead atoms. The fraction of sp³-hybridized carbons (Fsp3) is 0.500. The third-order valence-corrected chi connectivity index (χ3v) is 3.36. The Morgan fingerprint density at radius 1 is 1.24 bits per heavy atom. The van der Waals surface area contributed by atoms with E-state index in [1.807, 2.05) is 31.2 Å². The molecule has 0 aliphatic heterocycles. The highest BCUT2D eigenvalue weighted by Gasteiger charge is 2.02. The predicted octanol–water partition coefficient (Wildman–Crippen LogP) is 1.80. The molecule has 5 heteroatoms. The first-order valence-electron chi connectivity index (χ1n) is 7.56. The number of rotatable bonds is 9. The molecule has 0 saturated carbocycles. The Morgan fingerprint density at radius 3 is 2.95 bits per heavy atom. The lowest BCUT2D eigenvalue weighted by Gasteiger charge is -2.07. The van der Waals surface area contributed by atoms with Gasteiger partial charge in [0, 0.05) is 25.1 Å². The molecule has 0 aliphatic rings. The largest absolute Gasteiger partial charge is 0.382 e. The van der Waals surface area contributed by atoms with Crippen molar-refractivity contribution in [3.8, 4) is 0 Å². The van der Waals surface area contributed by atoms with Gasteiger partial charge in [0.15, 0.2) is 0 Å². The number of ether oxygens (including phenoxy) is 1. The molecule has 0 aliphatic carbocycles. The van der Waals surface area contributed by atoms with Crippen LogP contribution in [0.4, 0.5) is 0 Å². The monoisotopic (exact) mass is 289 g/mol. The highest BCUT2D eigenvalue weighted by molar-refractivity contribution is 5.80. The van der Waals surface area contributed by atoms with Crippen molar-refractivity contribution < 1.29 is 4.74 Å². The Bertz CT molecular complexity index is 610. The van der Waals surface area contributed by atoms with E-state index in [9.17, 15) is 4.79 Å². The minimum Gasteiger partial charge on any atom is -0.382 e. The Hall–Kier alpha value is -1.72. The summed E-state index contributed by atoms with van der Waals surface area (Å²) in [6, 6.07) is 7.55. The van der Waals surface area contributed by atoms with E-state index in [2.05, 4.69) is 10.4 Å². The van der Waals surface area contributed by atoms with Crippen LogP contribution in [0.1, 0.15) is 19.8 Å². The third kappa shape index (κ3) is 4.65. The molecule has 1 N–H and O–H groups in total. The topological polar surface area (TPSA) is 56.1 Å². The van der Waals surface area contributed by atoms with Crippen molar-refractivity contribution in [2.75, 3.05) is 26.3 Å². The zero-order valence-electron chi connectivity index (χ0n) is 12.5. The van der Waals surface area contributed by atoms with Crippen molar-refractivity contribution >= 4 is 10.8 Å². The van der Waals surface area contributed by atoms with Gasteiger partial charge in [0.1, 0.15) is 0 Å². The maximum absolute atomic E-state index is 12.2. The van der Waals surface area contributed by atoms with Gasteiger partial charge in [-0.1, -0.05) is 18.2 Å². The van der Waals surface area contributed by atoms with Crippen molar-refractivity contribution in [1.29, 1.82) is 0 Å². The summed E-state index contributed by atoms with van der Waals surface area (Å²) in [5, 5.41) is 9.16. The zero-order chi connectivity index (χ0) is 14.9. The summed E-state index contributed by atoms with van der Waals surface area (Å²) in [5.74, 6) is 0. The summed E-state index contributed by atoms with van der Waals surface area (Å²) in [6.45, 7) is 5.89. The van der Waals surface area contributed by atoms with Crippen molar-refractivity contribution in [3.05, 3.63) is 40.8 Å². The van der Waals surface area contributed by atoms with Gasteiger partial charge < -0.3 is 10.1 Å². The van der Waals surface area contributed by atoms with E-state index in [0.717, 1.165) is 49.9 Å². The SMILES string of the molecule is CCOCCCCNCCn1ncc2ccccc2c1=O. The van der Waals surface area contributed by atoms with Crippen LogP contribution in [0.3, 0.4) is 0 Å². The average molecular weight is 289 g/mol. The highest BCUT2D eigenvalue weighted by atomic mass is 16.5. The zero-order valence-corrected chi connectivity index (χ0v) is 12.5. The van der Waals surface area contributed by atoms with Crippen LogP contribution in [0.25, 0.3) is 10.8 Å². The molecule has 0 fully saturated rings. The van der Waals surface area contributed by atoms with E-state index < -0.39 is 0 Å². The Morgan fingerprint density at radius 2 is 2.10 bits per heavy atom. The van der Waals surface area contributed by atoms with Crippen LogP contribution < -0.4 is 10.9 Å². The Labute approximate surface area is 124 Å². The van der Waals surface area contributed by atoms with Crippen LogP contribution in [-0.4, -0.2) is 36.1 Å². The molecular weight excluding hydrogens is 266 g/mol. The first kappa shape index (κ1) is 15.7. The van der Waals surface area contributed by atoms with E-state index in [4.69, 9.17) is 4.74 Å². The average Bonchev–Trinajstić information content (AvgIpc) is 2.52. The van der Waals surface area contributed by atoms with Gasteiger partial charge >= 0.3 is 0 Å². The standard InChI is InChI=1S/C16H23N3O2/c1-2-21-12-6-5-9-17-10-11-19-16(20)15-8-4-3-7-14(15)13-18-19/h3-4,7-8,13,17H,2,5-6,9-12H2,1H3. The number of nitrogens with one attached hydrogen (secondary N) is 1. The Balaban J connectivity index is 1.76. The summed E-state index contributed by atoms with van der Waals surface area (Å²) in [5.41, 5.74) is -0.0220. The van der Waals surface area contributed by atoms with Crippen LogP contribution in [0.15, 0.2) is 35.3 Å². The molecule has 0 radical (unpaired) electrons. The molecule has 0 atom stereocenters. The molecule has 0 unspecified atom stereocenters. The van der Waals surface area contributed by atoms with E-state index >= 15 is 0 Å². The summed E-state index contributed by atoms with van der Waals surface area (Å²) >= 11 is 0. The lowest BCUT2D eigenvalue weighted by atomic mass is 10.2. The summed E-state index contributed by atoms with van der Waals surface area (Å²) < 4.78 is 6.81. The second kappa shape index (κ2) is 8.54. The lowest BCUT2D eigenvalue weighted by molar-refractivity contribution is 0.143. The van der Waals surface area contributed by atoms with Crippen molar-refractivity contribution in [3.63, 3.8) is 0 Å². The van der Waals surface area contributed by atoms with Gasteiger partial charge in [0.05, 0.1) is 18.1 Å². The first-order chi connectivity index (χ1) is 10.3. The van der Waals surface area contributed by atoms with Gasteiger partial charge in [-0.15, -0.1) is 0 Å². The number of benzene rings is 1. The number of aromatic nitrogens is 2. The van der Waals surface area contributed by atoms with Crippen molar-refractivity contribution in [2.45, 2.75) is 26.3 Å². The molecule has 21 heavy (non-hydrogen) atoms. The van der Waals surface area contributed by atoms with Crippen LogP contribution in [-0.2, 0) is 11.3 Å². The van der Waals surface area contributed by atoms with Crippen LogP contribution in [0, 0.1) is 0 Å². The summed E-state index contributed by atoms with van der Waals surface area (Å²) in [6.07, 6.45) is 3.90. The minimum atomic E-state index is -0.0220. The quantitative estimate of drug-likeness (QED) is 0.715. The van der Waals surface area contributed by atoms with Crippen LogP contribution >= 0.6 is 0 Å². The fourth-order valence-electron chi connectivity index (χ4n) is 2.20. The van der Waals surface area contributed by atoms with Crippen molar-refractivity contribution in [1.82, 2.24) is 15.1 Å². The smallest absolute Gasteiger partial charge is 0.274 e. The number of hydrogen-bond acceptors (Lipinski definition) is 4. The molecule has 1 aromatic carbocycles. The summed E-state index contributed by atoms with van der Waals surface area (Å²) in [7, 11) is 0. The van der Waals surface area contributed by atoms with Gasteiger partial charge in [0.25, 0.3) is 5.56 Å². The number of unbranched alkanes of at least 4 members (excludes halogenated alkanes) is 1. The molecule has 0 saturated heterocycles. The van der Waals surface area contributed by atoms with Crippen molar-refractivity contribution in [2.24, 2.45) is 0 Å². The van der Waals surface area contributed by atoms with E-state index in [-0.39, 0.29) is 5.56 Å². The maximum Gasteiger partial charge on any atom is 0.274 e. The lowest BCUT2D eigenvalue weighted by Crippen LogP contribution is -2.29. The molecule has 2 aromatic rings.